The molecule has 3 aromatic heterocycles. The fraction of sp³-hybridized carbons (Fsp3) is 0.308. The van der Waals surface area contributed by atoms with Crippen molar-refractivity contribution in [1.29, 1.82) is 0 Å². The van der Waals surface area contributed by atoms with Gasteiger partial charge in [-0.25, -0.2) is 9.97 Å². The number of carbonyl (C=O) groups excluding carboxylic acids is 1. The predicted molar refractivity (Wildman–Crippen MR) is 134 cm³/mol. The quantitative estimate of drug-likeness (QED) is 0.410. The van der Waals surface area contributed by atoms with Gasteiger partial charge in [0.15, 0.2) is 0 Å². The van der Waals surface area contributed by atoms with Crippen molar-refractivity contribution in [3.8, 4) is 17.1 Å². The van der Waals surface area contributed by atoms with Crippen molar-refractivity contribution in [2.45, 2.75) is 31.5 Å². The van der Waals surface area contributed by atoms with E-state index in [4.69, 9.17) is 9.47 Å². The topological polar surface area (TPSA) is 105 Å². The van der Waals surface area contributed by atoms with E-state index in [0.29, 0.717) is 23.0 Å². The Morgan fingerprint density at radius 3 is 2.66 bits per heavy atom. The second kappa shape index (κ2) is 9.71. The van der Waals surface area contributed by atoms with Crippen LogP contribution in [0.4, 0.5) is 11.6 Å². The number of carbonyl (C=O) groups is 1. The molecule has 3 heterocycles. The summed E-state index contributed by atoms with van der Waals surface area (Å²) in [6.45, 7) is 0. The van der Waals surface area contributed by atoms with E-state index >= 15 is 0 Å². The average Bonchev–Trinajstić information content (AvgIpc) is 3.50. The monoisotopic (exact) mass is 472 g/mol. The lowest BCUT2D eigenvalue weighted by Gasteiger charge is -2.14. The lowest BCUT2D eigenvalue weighted by atomic mass is 10.2. The van der Waals surface area contributed by atoms with Crippen LogP contribution in [0, 0.1) is 0 Å². The molecule has 0 spiro atoms. The number of pyridine rings is 1. The molecule has 1 aromatic carbocycles. The summed E-state index contributed by atoms with van der Waals surface area (Å²) in [5, 5.41) is 4.20. The first kappa shape index (κ1) is 22.8. The van der Waals surface area contributed by atoms with E-state index in [1.165, 1.54) is 0 Å². The minimum atomic E-state index is -0.0723. The molecule has 1 aliphatic rings. The van der Waals surface area contributed by atoms with E-state index in [2.05, 4.69) is 25.3 Å². The molecule has 2 unspecified atom stereocenters. The van der Waals surface area contributed by atoms with Gasteiger partial charge in [0.2, 0.25) is 5.95 Å². The number of hydrogen-bond donors (Lipinski definition) is 2. The Balaban J connectivity index is 1.32. The average molecular weight is 473 g/mol. The van der Waals surface area contributed by atoms with Crippen molar-refractivity contribution in [3.63, 3.8) is 0 Å². The number of rotatable bonds is 7. The van der Waals surface area contributed by atoms with Crippen LogP contribution in [0.5, 0.6) is 5.75 Å². The SMILES string of the molecule is COC1CCC(Oc2ccnc(-c3ccnc(Nc4ccc5cc(C(=O)N(C)C)[nH]c5c4)n3)c2)C1. The first-order chi connectivity index (χ1) is 17.0. The molecule has 0 bridgehead atoms. The zero-order valence-corrected chi connectivity index (χ0v) is 20.0. The molecular weight excluding hydrogens is 444 g/mol. The zero-order chi connectivity index (χ0) is 24.4. The first-order valence-electron chi connectivity index (χ1n) is 11.6. The molecule has 0 aliphatic heterocycles. The van der Waals surface area contributed by atoms with Gasteiger partial charge in [-0.2, -0.15) is 0 Å². The molecule has 5 rings (SSSR count). The minimum absolute atomic E-state index is 0.0723. The first-order valence-corrected chi connectivity index (χ1v) is 11.6. The molecular formula is C26H28N6O3. The second-order valence-corrected chi connectivity index (χ2v) is 8.86. The van der Waals surface area contributed by atoms with E-state index in [1.54, 1.807) is 38.5 Å². The molecule has 1 aliphatic carbocycles. The van der Waals surface area contributed by atoms with Crippen molar-refractivity contribution < 1.29 is 14.3 Å². The molecule has 9 nitrogen and oxygen atoms in total. The number of aromatic nitrogens is 4. The third kappa shape index (κ3) is 5.09. The van der Waals surface area contributed by atoms with Gasteiger partial charge >= 0.3 is 0 Å². The number of nitrogens with zero attached hydrogens (tertiary/aromatic N) is 4. The van der Waals surface area contributed by atoms with E-state index in [-0.39, 0.29) is 18.1 Å². The smallest absolute Gasteiger partial charge is 0.269 e. The Kier molecular flexibility index (Phi) is 6.33. The van der Waals surface area contributed by atoms with Crippen molar-refractivity contribution in [2.24, 2.45) is 0 Å². The third-order valence-corrected chi connectivity index (χ3v) is 6.14. The molecule has 2 N–H and O–H groups in total. The number of fused-ring (bicyclic) bond motifs is 1. The summed E-state index contributed by atoms with van der Waals surface area (Å²) in [4.78, 5) is 30.4. The van der Waals surface area contributed by atoms with Gasteiger partial charge in [0.05, 0.1) is 17.5 Å². The Bertz CT molecular complexity index is 1350. The number of amides is 1. The molecule has 1 fully saturated rings. The van der Waals surface area contributed by atoms with Gasteiger partial charge in [-0.3, -0.25) is 9.78 Å². The van der Waals surface area contributed by atoms with Crippen LogP contribution in [-0.4, -0.2) is 64.2 Å². The highest BCUT2D eigenvalue weighted by atomic mass is 16.5. The number of nitrogens with one attached hydrogen (secondary N) is 2. The molecule has 35 heavy (non-hydrogen) atoms. The molecule has 0 saturated heterocycles. The minimum Gasteiger partial charge on any atom is -0.490 e. The summed E-state index contributed by atoms with van der Waals surface area (Å²) < 4.78 is 11.6. The van der Waals surface area contributed by atoms with Crippen molar-refractivity contribution in [2.75, 3.05) is 26.5 Å². The number of H-pyrrole nitrogens is 1. The van der Waals surface area contributed by atoms with E-state index < -0.39 is 0 Å². The fourth-order valence-electron chi connectivity index (χ4n) is 4.29. The van der Waals surface area contributed by atoms with E-state index in [0.717, 1.165) is 41.6 Å². The normalized spacial score (nSPS) is 17.5. The summed E-state index contributed by atoms with van der Waals surface area (Å²) >= 11 is 0. The van der Waals surface area contributed by atoms with Crippen LogP contribution in [0.15, 0.2) is 54.9 Å². The van der Waals surface area contributed by atoms with Gasteiger partial charge in [0.1, 0.15) is 17.5 Å². The Labute approximate surface area is 203 Å². The number of aromatic amines is 1. The third-order valence-electron chi connectivity index (χ3n) is 6.14. The molecule has 1 amide bonds. The number of methoxy groups -OCH3 is 1. The Morgan fingerprint density at radius 2 is 1.86 bits per heavy atom. The van der Waals surface area contributed by atoms with Gasteiger partial charge in [0.25, 0.3) is 5.91 Å². The molecule has 2 atom stereocenters. The fourth-order valence-corrected chi connectivity index (χ4v) is 4.29. The summed E-state index contributed by atoms with van der Waals surface area (Å²) in [6, 6.07) is 13.2. The van der Waals surface area contributed by atoms with E-state index in [1.807, 2.05) is 42.5 Å². The van der Waals surface area contributed by atoms with Crippen LogP contribution >= 0.6 is 0 Å². The van der Waals surface area contributed by atoms with Gasteiger partial charge in [-0.15, -0.1) is 0 Å². The predicted octanol–water partition coefficient (Wildman–Crippen LogP) is 4.41. The van der Waals surface area contributed by atoms with Gasteiger partial charge in [0, 0.05) is 62.7 Å². The maximum absolute atomic E-state index is 12.2. The number of anilines is 2. The lowest BCUT2D eigenvalue weighted by Crippen LogP contribution is -2.21. The molecule has 1 saturated carbocycles. The van der Waals surface area contributed by atoms with Crippen LogP contribution in [0.2, 0.25) is 0 Å². The molecule has 180 valence electrons. The Morgan fingerprint density at radius 1 is 1.03 bits per heavy atom. The molecule has 4 aromatic rings. The highest BCUT2D eigenvalue weighted by Crippen LogP contribution is 2.28. The zero-order valence-electron chi connectivity index (χ0n) is 20.0. The Hall–Kier alpha value is -3.98. The summed E-state index contributed by atoms with van der Waals surface area (Å²) in [7, 11) is 5.21. The molecule has 9 heteroatoms. The highest BCUT2D eigenvalue weighted by Gasteiger charge is 2.26. The van der Waals surface area contributed by atoms with Gasteiger partial charge in [-0.1, -0.05) is 6.07 Å². The van der Waals surface area contributed by atoms with Gasteiger partial charge < -0.3 is 24.7 Å². The summed E-state index contributed by atoms with van der Waals surface area (Å²) in [5.41, 5.74) is 3.60. The lowest BCUT2D eigenvalue weighted by molar-refractivity contribution is 0.0823. The van der Waals surface area contributed by atoms with Crippen LogP contribution in [0.3, 0.4) is 0 Å². The summed E-state index contributed by atoms with van der Waals surface area (Å²) in [5.74, 6) is 1.15. The maximum atomic E-state index is 12.2. The van der Waals surface area contributed by atoms with Crippen LogP contribution in [0.1, 0.15) is 29.8 Å². The van der Waals surface area contributed by atoms with E-state index in [9.17, 15) is 4.79 Å². The largest absolute Gasteiger partial charge is 0.490 e. The number of benzene rings is 1. The number of ether oxygens (including phenoxy) is 2. The highest BCUT2D eigenvalue weighted by molar-refractivity contribution is 5.98. The maximum Gasteiger partial charge on any atom is 0.269 e. The summed E-state index contributed by atoms with van der Waals surface area (Å²) in [6.07, 6.45) is 6.73. The molecule has 0 radical (unpaired) electrons. The van der Waals surface area contributed by atoms with Gasteiger partial charge in [-0.05, 0) is 43.2 Å². The number of hydrogen-bond acceptors (Lipinski definition) is 7. The van der Waals surface area contributed by atoms with Crippen LogP contribution in [-0.2, 0) is 4.74 Å². The van der Waals surface area contributed by atoms with Crippen LogP contribution < -0.4 is 10.1 Å². The van der Waals surface area contributed by atoms with Crippen molar-refractivity contribution in [1.82, 2.24) is 24.8 Å². The van der Waals surface area contributed by atoms with Crippen molar-refractivity contribution in [3.05, 3.63) is 60.6 Å². The van der Waals surface area contributed by atoms with Crippen molar-refractivity contribution >= 4 is 28.4 Å². The standard InChI is InChI=1S/C26H28N6O3/c1-32(2)25(33)24-12-16-4-5-17(13-22(16)30-24)29-26-28-11-9-21(31-26)23-15-20(8-10-27-23)35-19-7-6-18(14-19)34-3/h4-5,8-13,15,18-19,30H,6-7,14H2,1-3H3,(H,28,29,31). The second-order valence-electron chi connectivity index (χ2n) is 8.86. The van der Waals surface area contributed by atoms with Crippen LogP contribution in [0.25, 0.3) is 22.3 Å².